The molecule has 1 heterocycles. The number of carbonyl (C=O) groups is 2. The summed E-state index contributed by atoms with van der Waals surface area (Å²) < 4.78 is 5.70. The Morgan fingerprint density at radius 1 is 1.33 bits per heavy atom. The highest BCUT2D eigenvalue weighted by Crippen LogP contribution is 2.30. The number of hydrogen-bond donors (Lipinski definition) is 3. The van der Waals surface area contributed by atoms with Gasteiger partial charge in [-0.05, 0) is 32.3 Å². The number of nitrogens with one attached hydrogen (secondary N) is 3. The van der Waals surface area contributed by atoms with Crippen molar-refractivity contribution in [3.63, 3.8) is 0 Å². The van der Waals surface area contributed by atoms with Gasteiger partial charge in [0.1, 0.15) is 5.75 Å². The second-order valence-corrected chi connectivity index (χ2v) is 6.11. The average molecular weight is 333 g/mol. The zero-order valence-electron chi connectivity index (χ0n) is 14.4. The Morgan fingerprint density at radius 2 is 2.12 bits per heavy atom. The molecule has 0 bridgehead atoms. The fourth-order valence-electron chi connectivity index (χ4n) is 2.62. The van der Waals surface area contributed by atoms with E-state index in [2.05, 4.69) is 16.0 Å². The average Bonchev–Trinajstić information content (AvgIpc) is 2.77. The molecule has 0 fully saturated rings. The number of amides is 3. The number of hydrogen-bond acceptors (Lipinski definition) is 3. The van der Waals surface area contributed by atoms with Crippen LogP contribution in [-0.4, -0.2) is 31.1 Å². The second-order valence-electron chi connectivity index (χ2n) is 6.11. The van der Waals surface area contributed by atoms with Crippen LogP contribution in [0.25, 0.3) is 0 Å². The Balaban J connectivity index is 1.79. The lowest BCUT2D eigenvalue weighted by molar-refractivity contribution is -0.121. The SMILES string of the molecule is CC[C@H](C)NC(=O)CCNC(=O)N[C@H]1CCCOc2ccccc21. The molecule has 2 atom stereocenters. The Hall–Kier alpha value is -2.24. The molecule has 0 spiro atoms. The summed E-state index contributed by atoms with van der Waals surface area (Å²) in [6, 6.07) is 7.60. The van der Waals surface area contributed by atoms with Crippen molar-refractivity contribution in [3.05, 3.63) is 29.8 Å². The maximum absolute atomic E-state index is 12.1. The van der Waals surface area contributed by atoms with Gasteiger partial charge in [0, 0.05) is 24.6 Å². The number of ether oxygens (including phenoxy) is 1. The van der Waals surface area contributed by atoms with Crippen LogP contribution >= 0.6 is 0 Å². The molecule has 6 nitrogen and oxygen atoms in total. The van der Waals surface area contributed by atoms with Crippen molar-refractivity contribution in [2.24, 2.45) is 0 Å². The van der Waals surface area contributed by atoms with Gasteiger partial charge in [-0.2, -0.15) is 0 Å². The van der Waals surface area contributed by atoms with E-state index in [0.29, 0.717) is 13.2 Å². The molecule has 1 aliphatic heterocycles. The van der Waals surface area contributed by atoms with E-state index in [9.17, 15) is 9.59 Å². The van der Waals surface area contributed by atoms with Crippen LogP contribution < -0.4 is 20.7 Å². The van der Waals surface area contributed by atoms with Crippen LogP contribution in [-0.2, 0) is 4.79 Å². The lowest BCUT2D eigenvalue weighted by atomic mass is 10.0. The second kappa shape index (κ2) is 9.15. The van der Waals surface area contributed by atoms with Gasteiger partial charge in [0.15, 0.2) is 0 Å². The Bertz CT molecular complexity index is 562. The molecule has 3 amide bonds. The van der Waals surface area contributed by atoms with Gasteiger partial charge >= 0.3 is 6.03 Å². The summed E-state index contributed by atoms with van der Waals surface area (Å²) in [6.45, 7) is 4.96. The van der Waals surface area contributed by atoms with E-state index in [0.717, 1.165) is 30.6 Å². The summed E-state index contributed by atoms with van der Waals surface area (Å²) in [7, 11) is 0. The minimum Gasteiger partial charge on any atom is -0.493 e. The first kappa shape index (κ1) is 18.1. The molecular weight excluding hydrogens is 306 g/mol. The summed E-state index contributed by atoms with van der Waals surface area (Å²) in [6.07, 6.45) is 2.89. The van der Waals surface area contributed by atoms with Gasteiger partial charge in [0.05, 0.1) is 12.6 Å². The number of rotatable bonds is 6. The Kier molecular flexibility index (Phi) is 6.90. The fraction of sp³-hybridized carbons (Fsp3) is 0.556. The first-order chi connectivity index (χ1) is 11.6. The monoisotopic (exact) mass is 333 g/mol. The summed E-state index contributed by atoms with van der Waals surface area (Å²) in [5, 5.41) is 8.61. The van der Waals surface area contributed by atoms with Gasteiger partial charge in [-0.1, -0.05) is 25.1 Å². The molecule has 2 rings (SSSR count). The van der Waals surface area contributed by atoms with E-state index in [1.165, 1.54) is 0 Å². The predicted octanol–water partition coefficient (Wildman–Crippen LogP) is 2.50. The van der Waals surface area contributed by atoms with Crippen molar-refractivity contribution >= 4 is 11.9 Å². The van der Waals surface area contributed by atoms with Crippen molar-refractivity contribution in [3.8, 4) is 5.75 Å². The number of fused-ring (bicyclic) bond motifs is 1. The van der Waals surface area contributed by atoms with Gasteiger partial charge in [0.25, 0.3) is 0 Å². The first-order valence-corrected chi connectivity index (χ1v) is 8.65. The molecule has 6 heteroatoms. The summed E-state index contributed by atoms with van der Waals surface area (Å²) in [5.74, 6) is 0.783. The fourth-order valence-corrected chi connectivity index (χ4v) is 2.62. The minimum absolute atomic E-state index is 0.0436. The number of carbonyl (C=O) groups excluding carboxylic acids is 2. The smallest absolute Gasteiger partial charge is 0.315 e. The number of benzene rings is 1. The normalized spacial score (nSPS) is 17.7. The molecule has 132 valence electrons. The Morgan fingerprint density at radius 3 is 2.92 bits per heavy atom. The lowest BCUT2D eigenvalue weighted by Crippen LogP contribution is -2.40. The molecule has 0 saturated carbocycles. The standard InChI is InChI=1S/C18H27N3O3/c1-3-13(2)20-17(22)10-11-19-18(23)21-15-8-6-12-24-16-9-5-4-7-14(15)16/h4-5,7,9,13,15H,3,6,8,10-12H2,1-2H3,(H,20,22)(H2,19,21,23)/t13-,15-/m0/s1. The van der Waals surface area contributed by atoms with Crippen LogP contribution in [0.1, 0.15) is 51.1 Å². The van der Waals surface area contributed by atoms with Crippen LogP contribution in [0.15, 0.2) is 24.3 Å². The van der Waals surface area contributed by atoms with Crippen molar-refractivity contribution < 1.29 is 14.3 Å². The molecule has 0 radical (unpaired) electrons. The van der Waals surface area contributed by atoms with Crippen molar-refractivity contribution in [2.75, 3.05) is 13.2 Å². The van der Waals surface area contributed by atoms with Crippen molar-refractivity contribution in [1.82, 2.24) is 16.0 Å². The highest BCUT2D eigenvalue weighted by Gasteiger charge is 2.21. The highest BCUT2D eigenvalue weighted by molar-refractivity contribution is 5.78. The zero-order chi connectivity index (χ0) is 17.4. The topological polar surface area (TPSA) is 79.5 Å². The minimum atomic E-state index is -0.256. The lowest BCUT2D eigenvalue weighted by Gasteiger charge is -2.18. The van der Waals surface area contributed by atoms with Crippen LogP contribution in [0.3, 0.4) is 0 Å². The van der Waals surface area contributed by atoms with E-state index in [1.54, 1.807) is 0 Å². The maximum atomic E-state index is 12.1. The molecule has 1 aromatic rings. The van der Waals surface area contributed by atoms with Crippen LogP contribution in [0.2, 0.25) is 0 Å². The summed E-state index contributed by atoms with van der Waals surface area (Å²) in [5.41, 5.74) is 1.000. The van der Waals surface area contributed by atoms with Crippen LogP contribution in [0.4, 0.5) is 4.79 Å². The Labute approximate surface area is 143 Å². The predicted molar refractivity (Wildman–Crippen MR) is 93.0 cm³/mol. The molecule has 3 N–H and O–H groups in total. The van der Waals surface area contributed by atoms with Gasteiger partial charge in [0.2, 0.25) is 5.91 Å². The molecule has 0 unspecified atom stereocenters. The van der Waals surface area contributed by atoms with E-state index in [4.69, 9.17) is 4.74 Å². The zero-order valence-corrected chi connectivity index (χ0v) is 14.4. The molecular formula is C18H27N3O3. The largest absolute Gasteiger partial charge is 0.493 e. The van der Waals surface area contributed by atoms with E-state index >= 15 is 0 Å². The number of para-hydroxylation sites is 1. The van der Waals surface area contributed by atoms with Crippen LogP contribution in [0.5, 0.6) is 5.75 Å². The van der Waals surface area contributed by atoms with E-state index in [1.807, 2.05) is 38.1 Å². The summed E-state index contributed by atoms with van der Waals surface area (Å²) in [4.78, 5) is 23.8. The van der Waals surface area contributed by atoms with E-state index < -0.39 is 0 Å². The molecule has 1 aromatic carbocycles. The van der Waals surface area contributed by atoms with Gasteiger partial charge in [-0.15, -0.1) is 0 Å². The van der Waals surface area contributed by atoms with Crippen molar-refractivity contribution in [1.29, 1.82) is 0 Å². The molecule has 0 aromatic heterocycles. The third-order valence-electron chi connectivity index (χ3n) is 4.15. The van der Waals surface area contributed by atoms with E-state index in [-0.39, 0.29) is 30.4 Å². The number of urea groups is 1. The van der Waals surface area contributed by atoms with Crippen molar-refractivity contribution in [2.45, 2.75) is 51.6 Å². The van der Waals surface area contributed by atoms with Gasteiger partial charge in [-0.25, -0.2) is 4.79 Å². The molecule has 0 saturated heterocycles. The van der Waals surface area contributed by atoms with Gasteiger partial charge < -0.3 is 20.7 Å². The molecule has 1 aliphatic rings. The molecule has 0 aliphatic carbocycles. The summed E-state index contributed by atoms with van der Waals surface area (Å²) >= 11 is 0. The quantitative estimate of drug-likeness (QED) is 0.748. The third-order valence-corrected chi connectivity index (χ3v) is 4.15. The molecule has 24 heavy (non-hydrogen) atoms. The first-order valence-electron chi connectivity index (χ1n) is 8.65. The van der Waals surface area contributed by atoms with Crippen LogP contribution in [0, 0.1) is 0 Å². The van der Waals surface area contributed by atoms with Gasteiger partial charge in [-0.3, -0.25) is 4.79 Å². The maximum Gasteiger partial charge on any atom is 0.315 e. The third kappa shape index (κ3) is 5.44. The highest BCUT2D eigenvalue weighted by atomic mass is 16.5.